The minimum atomic E-state index is -3.09. The summed E-state index contributed by atoms with van der Waals surface area (Å²) in [5.74, 6) is 0.0695. The van der Waals surface area contributed by atoms with Crippen LogP contribution in [0.3, 0.4) is 0 Å². The van der Waals surface area contributed by atoms with Crippen molar-refractivity contribution in [3.8, 4) is 6.07 Å². The molecule has 0 amide bonds. The smallest absolute Gasteiger partial charge is 0.153 e. The molecule has 1 atom stereocenters. The predicted molar refractivity (Wildman–Crippen MR) is 55.9 cm³/mol. The third kappa shape index (κ3) is 3.45. The van der Waals surface area contributed by atoms with Crippen molar-refractivity contribution in [2.45, 2.75) is 24.8 Å². The molecule has 86 valence electrons. The molecule has 1 unspecified atom stereocenters. The summed E-state index contributed by atoms with van der Waals surface area (Å²) in [6, 6.07) is 2.06. The minimum absolute atomic E-state index is 0.0429. The van der Waals surface area contributed by atoms with Crippen molar-refractivity contribution in [1.29, 1.82) is 5.26 Å². The number of sulfone groups is 1. The molecular weight excluding hydrogens is 216 g/mol. The van der Waals surface area contributed by atoms with Gasteiger partial charge in [-0.15, -0.1) is 0 Å². The van der Waals surface area contributed by atoms with E-state index in [0.717, 1.165) is 0 Å². The fraction of sp³-hybridized carbons (Fsp3) is 0.889. The molecule has 0 saturated carbocycles. The Kier molecular flexibility index (Phi) is 4.08. The molecule has 2 N–H and O–H groups in total. The quantitative estimate of drug-likeness (QED) is 0.633. The zero-order valence-corrected chi connectivity index (χ0v) is 9.39. The first-order chi connectivity index (χ1) is 7.04. The number of aliphatic hydroxyl groups is 1. The van der Waals surface area contributed by atoms with Crippen LogP contribution in [0.4, 0.5) is 0 Å². The van der Waals surface area contributed by atoms with Crippen molar-refractivity contribution in [1.82, 2.24) is 5.32 Å². The van der Waals surface area contributed by atoms with Crippen LogP contribution in [0, 0.1) is 11.3 Å². The second kappa shape index (κ2) is 4.92. The molecule has 0 aromatic heterocycles. The number of hydrogen-bond donors (Lipinski definition) is 2. The van der Waals surface area contributed by atoms with Crippen molar-refractivity contribution in [3.05, 3.63) is 0 Å². The summed E-state index contributed by atoms with van der Waals surface area (Å²) in [6.45, 7) is 0.515. The van der Waals surface area contributed by atoms with Gasteiger partial charge < -0.3 is 5.11 Å². The van der Waals surface area contributed by atoms with Crippen LogP contribution in [-0.2, 0) is 9.84 Å². The van der Waals surface area contributed by atoms with Crippen LogP contribution in [0.25, 0.3) is 0 Å². The second-order valence-corrected chi connectivity index (χ2v) is 6.08. The van der Waals surface area contributed by atoms with Gasteiger partial charge in [0.25, 0.3) is 0 Å². The van der Waals surface area contributed by atoms with Crippen LogP contribution in [0.5, 0.6) is 0 Å². The fourth-order valence-electron chi connectivity index (χ4n) is 1.79. The van der Waals surface area contributed by atoms with Gasteiger partial charge in [0, 0.05) is 6.61 Å². The van der Waals surface area contributed by atoms with Crippen LogP contribution < -0.4 is 5.32 Å². The Hall–Kier alpha value is -0.640. The van der Waals surface area contributed by atoms with Crippen molar-refractivity contribution in [3.63, 3.8) is 0 Å². The summed E-state index contributed by atoms with van der Waals surface area (Å²) in [6.07, 6.45) is 1.62. The summed E-state index contributed by atoms with van der Waals surface area (Å²) in [5.41, 5.74) is -0.938. The van der Waals surface area contributed by atoms with Crippen molar-refractivity contribution in [2.75, 3.05) is 24.7 Å². The van der Waals surface area contributed by atoms with Crippen LogP contribution in [0.1, 0.15) is 19.3 Å². The van der Waals surface area contributed by atoms with Gasteiger partial charge in [0.1, 0.15) is 5.54 Å². The molecule has 1 aliphatic heterocycles. The summed E-state index contributed by atoms with van der Waals surface area (Å²) in [7, 11) is -3.09. The Morgan fingerprint density at radius 3 is 2.80 bits per heavy atom. The number of hydrogen-bond acceptors (Lipinski definition) is 5. The molecule has 1 aliphatic rings. The maximum Gasteiger partial charge on any atom is 0.153 e. The number of nitrogens with zero attached hydrogens (tertiary/aromatic N) is 1. The van der Waals surface area contributed by atoms with E-state index in [1.54, 1.807) is 0 Å². The van der Waals surface area contributed by atoms with Crippen LogP contribution >= 0.6 is 0 Å². The Morgan fingerprint density at radius 1 is 1.53 bits per heavy atom. The molecule has 0 radical (unpaired) electrons. The summed E-state index contributed by atoms with van der Waals surface area (Å²) in [4.78, 5) is 0. The molecule has 0 aliphatic carbocycles. The summed E-state index contributed by atoms with van der Waals surface area (Å²) < 4.78 is 22.8. The Morgan fingerprint density at radius 2 is 2.27 bits per heavy atom. The molecule has 1 rings (SSSR count). The Labute approximate surface area is 90.0 Å². The van der Waals surface area contributed by atoms with Gasteiger partial charge in [-0.2, -0.15) is 5.26 Å². The molecule has 1 heterocycles. The lowest BCUT2D eigenvalue weighted by atomic mass is 9.97. The lowest BCUT2D eigenvalue weighted by Gasteiger charge is -2.31. The largest absolute Gasteiger partial charge is 0.396 e. The van der Waals surface area contributed by atoms with E-state index >= 15 is 0 Å². The van der Waals surface area contributed by atoms with Crippen molar-refractivity contribution in [2.24, 2.45) is 0 Å². The Balaban J connectivity index is 2.64. The molecule has 1 fully saturated rings. The number of nitriles is 1. The SMILES string of the molecule is N#CC1(NCCCO)CCCS(=O)(=O)C1. The highest BCUT2D eigenvalue weighted by molar-refractivity contribution is 7.91. The van der Waals surface area contributed by atoms with E-state index in [1.165, 1.54) is 0 Å². The first-order valence-corrected chi connectivity index (χ1v) is 6.83. The van der Waals surface area contributed by atoms with Gasteiger partial charge >= 0.3 is 0 Å². The van der Waals surface area contributed by atoms with Gasteiger partial charge in [0.05, 0.1) is 17.6 Å². The molecule has 0 aromatic carbocycles. The third-order valence-electron chi connectivity index (χ3n) is 2.54. The third-order valence-corrected chi connectivity index (χ3v) is 4.38. The highest BCUT2D eigenvalue weighted by Gasteiger charge is 2.38. The molecule has 1 saturated heterocycles. The molecule has 15 heavy (non-hydrogen) atoms. The molecule has 5 nitrogen and oxygen atoms in total. The van der Waals surface area contributed by atoms with Gasteiger partial charge in [0.15, 0.2) is 9.84 Å². The lowest BCUT2D eigenvalue weighted by Crippen LogP contribution is -2.52. The average molecular weight is 232 g/mol. The molecule has 0 aromatic rings. The fourth-order valence-corrected chi connectivity index (χ4v) is 3.58. The van der Waals surface area contributed by atoms with Gasteiger partial charge in [-0.3, -0.25) is 5.32 Å². The van der Waals surface area contributed by atoms with E-state index in [2.05, 4.69) is 11.4 Å². The highest BCUT2D eigenvalue weighted by Crippen LogP contribution is 2.22. The first kappa shape index (κ1) is 12.4. The summed E-state index contributed by atoms with van der Waals surface area (Å²) in [5, 5.41) is 20.6. The average Bonchev–Trinajstić information content (AvgIpc) is 2.17. The predicted octanol–water partition coefficient (Wildman–Crippen LogP) is -0.571. The van der Waals surface area contributed by atoms with E-state index in [1.807, 2.05) is 0 Å². The second-order valence-electron chi connectivity index (χ2n) is 3.89. The Bertz CT molecular complexity index is 347. The normalized spacial score (nSPS) is 29.6. The number of aliphatic hydroxyl groups excluding tert-OH is 1. The van der Waals surface area contributed by atoms with E-state index in [4.69, 9.17) is 10.4 Å². The summed E-state index contributed by atoms with van der Waals surface area (Å²) >= 11 is 0. The maximum atomic E-state index is 11.4. The van der Waals surface area contributed by atoms with E-state index in [0.29, 0.717) is 25.8 Å². The van der Waals surface area contributed by atoms with E-state index in [-0.39, 0.29) is 18.1 Å². The van der Waals surface area contributed by atoms with Crippen LogP contribution in [0.2, 0.25) is 0 Å². The van der Waals surface area contributed by atoms with Gasteiger partial charge in [0.2, 0.25) is 0 Å². The molecule has 0 bridgehead atoms. The van der Waals surface area contributed by atoms with Gasteiger partial charge in [-0.25, -0.2) is 8.42 Å². The molecule has 0 spiro atoms. The topological polar surface area (TPSA) is 90.2 Å². The van der Waals surface area contributed by atoms with Crippen LogP contribution in [0.15, 0.2) is 0 Å². The van der Waals surface area contributed by atoms with Gasteiger partial charge in [-0.1, -0.05) is 0 Å². The van der Waals surface area contributed by atoms with E-state index in [9.17, 15) is 8.42 Å². The molecule has 6 heteroatoms. The highest BCUT2D eigenvalue weighted by atomic mass is 32.2. The minimum Gasteiger partial charge on any atom is -0.396 e. The zero-order chi connectivity index (χ0) is 11.4. The standard InChI is InChI=1S/C9H16N2O3S/c10-7-9(11-4-2-5-12)3-1-6-15(13,14)8-9/h11-12H,1-6,8H2. The lowest BCUT2D eigenvalue weighted by molar-refractivity contribution is 0.277. The number of nitrogens with one attached hydrogen (secondary N) is 1. The maximum absolute atomic E-state index is 11.4. The van der Waals surface area contributed by atoms with Crippen LogP contribution in [-0.4, -0.2) is 43.7 Å². The molecular formula is C9H16N2O3S. The zero-order valence-electron chi connectivity index (χ0n) is 8.57. The number of rotatable bonds is 4. The first-order valence-electron chi connectivity index (χ1n) is 5.01. The van der Waals surface area contributed by atoms with Crippen molar-refractivity contribution < 1.29 is 13.5 Å². The van der Waals surface area contributed by atoms with Gasteiger partial charge in [-0.05, 0) is 25.8 Å². The van der Waals surface area contributed by atoms with Crippen molar-refractivity contribution >= 4 is 9.84 Å². The monoisotopic (exact) mass is 232 g/mol. The van der Waals surface area contributed by atoms with E-state index < -0.39 is 15.4 Å².